The third-order valence-electron chi connectivity index (χ3n) is 7.78. The van der Waals surface area contributed by atoms with Crippen molar-refractivity contribution in [2.45, 2.75) is 95.5 Å². The second-order valence-electron chi connectivity index (χ2n) is 8.99. The molecule has 4 aliphatic rings. The Morgan fingerprint density at radius 2 is 1.57 bits per heavy atom. The topological polar surface area (TPSA) is 20.2 Å². The van der Waals surface area contributed by atoms with Gasteiger partial charge in [-0.1, -0.05) is 51.4 Å². The fourth-order valence-electron chi connectivity index (χ4n) is 6.79. The summed E-state index contributed by atoms with van der Waals surface area (Å²) < 4.78 is 0. The van der Waals surface area contributed by atoms with Crippen molar-refractivity contribution in [2.24, 2.45) is 29.6 Å². The average molecular weight is 290 g/mol. The molecule has 120 valence electrons. The molecule has 1 heteroatoms. The first kappa shape index (κ1) is 14.5. The fraction of sp³-hybridized carbons (Fsp3) is 1.00. The number of hydrogen-bond acceptors (Lipinski definition) is 1. The van der Waals surface area contributed by atoms with Gasteiger partial charge < -0.3 is 5.11 Å². The van der Waals surface area contributed by atoms with E-state index in [4.69, 9.17) is 0 Å². The third kappa shape index (κ3) is 2.80. The largest absolute Gasteiger partial charge is 0.390 e. The minimum atomic E-state index is -0.282. The Bertz CT molecular complexity index is 359. The van der Waals surface area contributed by atoms with Gasteiger partial charge in [-0.05, 0) is 68.1 Å². The van der Waals surface area contributed by atoms with E-state index in [1.807, 2.05) is 0 Å². The van der Waals surface area contributed by atoms with E-state index in [2.05, 4.69) is 0 Å². The highest BCUT2D eigenvalue weighted by Crippen LogP contribution is 2.54. The molecule has 0 aromatic carbocycles. The standard InChI is InChI=1S/C20H34O/c21-20(14-18-13-15-9-10-17(18)12-15)11-5-4-8-19(20)16-6-2-1-3-7-16/h15-19,21H,1-14H2. The Labute approximate surface area is 130 Å². The molecule has 4 aliphatic carbocycles. The van der Waals surface area contributed by atoms with Crippen molar-refractivity contribution >= 4 is 0 Å². The molecule has 1 N–H and O–H groups in total. The molecule has 0 aromatic rings. The van der Waals surface area contributed by atoms with Gasteiger partial charge in [-0.2, -0.15) is 0 Å². The molecule has 0 spiro atoms. The zero-order chi connectivity index (χ0) is 14.3. The van der Waals surface area contributed by atoms with E-state index >= 15 is 0 Å². The predicted molar refractivity (Wildman–Crippen MR) is 87.0 cm³/mol. The van der Waals surface area contributed by atoms with E-state index in [-0.39, 0.29) is 5.60 Å². The lowest BCUT2D eigenvalue weighted by molar-refractivity contribution is -0.0962. The molecular formula is C20H34O. The van der Waals surface area contributed by atoms with E-state index < -0.39 is 0 Å². The van der Waals surface area contributed by atoms with Crippen LogP contribution in [0.4, 0.5) is 0 Å². The number of rotatable bonds is 3. The van der Waals surface area contributed by atoms with Crippen LogP contribution in [0.2, 0.25) is 0 Å². The SMILES string of the molecule is OC1(CC2CC3CCC2C3)CCCCC1C1CCCCC1. The summed E-state index contributed by atoms with van der Waals surface area (Å²) in [6.45, 7) is 0. The minimum absolute atomic E-state index is 0.282. The monoisotopic (exact) mass is 290 g/mol. The summed E-state index contributed by atoms with van der Waals surface area (Å²) in [6.07, 6.45) is 19.3. The van der Waals surface area contributed by atoms with Gasteiger partial charge >= 0.3 is 0 Å². The molecule has 0 heterocycles. The molecule has 5 atom stereocenters. The van der Waals surface area contributed by atoms with Crippen LogP contribution in [-0.2, 0) is 0 Å². The van der Waals surface area contributed by atoms with Crippen LogP contribution >= 0.6 is 0 Å². The van der Waals surface area contributed by atoms with Crippen LogP contribution in [-0.4, -0.2) is 10.7 Å². The van der Waals surface area contributed by atoms with Crippen molar-refractivity contribution in [1.29, 1.82) is 0 Å². The van der Waals surface area contributed by atoms with E-state index in [1.165, 1.54) is 77.0 Å². The van der Waals surface area contributed by atoms with Gasteiger partial charge in [-0.25, -0.2) is 0 Å². The van der Waals surface area contributed by atoms with Gasteiger partial charge in [0.2, 0.25) is 0 Å². The average Bonchev–Trinajstić information content (AvgIpc) is 3.11. The molecule has 0 radical (unpaired) electrons. The lowest BCUT2D eigenvalue weighted by Crippen LogP contribution is -2.46. The summed E-state index contributed by atoms with van der Waals surface area (Å²) in [5, 5.41) is 11.6. The van der Waals surface area contributed by atoms with Gasteiger partial charge in [0, 0.05) is 0 Å². The van der Waals surface area contributed by atoms with Crippen LogP contribution in [0.25, 0.3) is 0 Å². The molecule has 4 fully saturated rings. The molecule has 1 nitrogen and oxygen atoms in total. The summed E-state index contributed by atoms with van der Waals surface area (Å²) in [7, 11) is 0. The van der Waals surface area contributed by atoms with Crippen LogP contribution in [0.3, 0.4) is 0 Å². The summed E-state index contributed by atoms with van der Waals surface area (Å²) in [4.78, 5) is 0. The maximum absolute atomic E-state index is 11.6. The molecule has 4 rings (SSSR count). The van der Waals surface area contributed by atoms with Crippen molar-refractivity contribution < 1.29 is 5.11 Å². The summed E-state index contributed by atoms with van der Waals surface area (Å²) >= 11 is 0. The Balaban J connectivity index is 1.46. The van der Waals surface area contributed by atoms with E-state index in [1.54, 1.807) is 0 Å². The minimum Gasteiger partial charge on any atom is -0.390 e. The zero-order valence-corrected chi connectivity index (χ0v) is 13.7. The number of fused-ring (bicyclic) bond motifs is 2. The Hall–Kier alpha value is -0.0400. The summed E-state index contributed by atoms with van der Waals surface area (Å²) in [5.41, 5.74) is -0.282. The predicted octanol–water partition coefficient (Wildman–Crippen LogP) is 5.31. The van der Waals surface area contributed by atoms with E-state index in [0.717, 1.165) is 36.5 Å². The van der Waals surface area contributed by atoms with Gasteiger partial charge in [-0.3, -0.25) is 0 Å². The van der Waals surface area contributed by atoms with Crippen LogP contribution < -0.4 is 0 Å². The zero-order valence-electron chi connectivity index (χ0n) is 13.7. The maximum atomic E-state index is 11.6. The van der Waals surface area contributed by atoms with E-state index in [0.29, 0.717) is 5.92 Å². The Morgan fingerprint density at radius 1 is 0.762 bits per heavy atom. The third-order valence-corrected chi connectivity index (χ3v) is 7.78. The highest BCUT2D eigenvalue weighted by Gasteiger charge is 2.48. The van der Waals surface area contributed by atoms with Gasteiger partial charge in [0.25, 0.3) is 0 Å². The molecule has 0 saturated heterocycles. The van der Waals surface area contributed by atoms with Crippen molar-refractivity contribution in [3.05, 3.63) is 0 Å². The van der Waals surface area contributed by atoms with Crippen molar-refractivity contribution in [2.75, 3.05) is 0 Å². The second-order valence-corrected chi connectivity index (χ2v) is 8.99. The van der Waals surface area contributed by atoms with Crippen molar-refractivity contribution in [3.8, 4) is 0 Å². The molecule has 2 bridgehead atoms. The lowest BCUT2D eigenvalue weighted by atomic mass is 9.62. The first-order chi connectivity index (χ1) is 10.2. The number of hydrogen-bond donors (Lipinski definition) is 1. The lowest BCUT2D eigenvalue weighted by Gasteiger charge is -2.47. The molecule has 0 aromatic heterocycles. The molecule has 21 heavy (non-hydrogen) atoms. The van der Waals surface area contributed by atoms with E-state index in [9.17, 15) is 5.11 Å². The van der Waals surface area contributed by atoms with Gasteiger partial charge in [-0.15, -0.1) is 0 Å². The van der Waals surface area contributed by atoms with Crippen molar-refractivity contribution in [3.63, 3.8) is 0 Å². The molecule has 0 amide bonds. The molecule has 4 saturated carbocycles. The Morgan fingerprint density at radius 3 is 2.29 bits per heavy atom. The summed E-state index contributed by atoms with van der Waals surface area (Å²) in [6, 6.07) is 0. The van der Waals surface area contributed by atoms with Gasteiger partial charge in [0.15, 0.2) is 0 Å². The first-order valence-corrected chi connectivity index (χ1v) is 9.97. The second kappa shape index (κ2) is 5.87. The maximum Gasteiger partial charge on any atom is 0.0681 e. The molecule has 5 unspecified atom stereocenters. The van der Waals surface area contributed by atoms with Crippen LogP contribution in [0.1, 0.15) is 89.9 Å². The van der Waals surface area contributed by atoms with Crippen LogP contribution in [0, 0.1) is 29.6 Å². The smallest absolute Gasteiger partial charge is 0.0681 e. The van der Waals surface area contributed by atoms with Gasteiger partial charge in [0.1, 0.15) is 0 Å². The fourth-order valence-corrected chi connectivity index (χ4v) is 6.79. The first-order valence-electron chi connectivity index (χ1n) is 9.97. The van der Waals surface area contributed by atoms with Gasteiger partial charge in [0.05, 0.1) is 5.60 Å². The molecule has 0 aliphatic heterocycles. The van der Waals surface area contributed by atoms with Crippen LogP contribution in [0.15, 0.2) is 0 Å². The quantitative estimate of drug-likeness (QED) is 0.746. The van der Waals surface area contributed by atoms with Crippen molar-refractivity contribution in [1.82, 2.24) is 0 Å². The Kier molecular flexibility index (Phi) is 4.07. The number of aliphatic hydroxyl groups is 1. The normalized spacial score (nSPS) is 47.9. The highest BCUT2D eigenvalue weighted by atomic mass is 16.3. The summed E-state index contributed by atoms with van der Waals surface area (Å²) in [5.74, 6) is 4.37. The molecular weight excluding hydrogens is 256 g/mol. The van der Waals surface area contributed by atoms with Crippen LogP contribution in [0.5, 0.6) is 0 Å². The highest BCUT2D eigenvalue weighted by molar-refractivity contribution is 4.99.